The van der Waals surface area contributed by atoms with E-state index in [1.807, 2.05) is 148 Å². The number of aliphatic hydroxyl groups is 1. The fourth-order valence-electron chi connectivity index (χ4n) is 7.65. The maximum atomic E-state index is 15.5. The van der Waals surface area contributed by atoms with E-state index in [4.69, 9.17) is 0 Å². The van der Waals surface area contributed by atoms with Crippen molar-refractivity contribution in [3.63, 3.8) is 0 Å². The summed E-state index contributed by atoms with van der Waals surface area (Å²) >= 11 is 3.06. The fourth-order valence-corrected chi connectivity index (χ4v) is 10.3. The number of likely N-dealkylation sites (tertiary alicyclic amines) is 1. The van der Waals surface area contributed by atoms with Gasteiger partial charge in [0.05, 0.1) is 33.0 Å². The first-order valence-electron chi connectivity index (χ1n) is 19.0. The summed E-state index contributed by atoms with van der Waals surface area (Å²) in [5.41, 5.74) is 5.48. The molecule has 3 amide bonds. The van der Waals surface area contributed by atoms with Crippen LogP contribution in [-0.4, -0.2) is 67.9 Å². The topological polar surface area (TPSA) is 112 Å². The van der Waals surface area contributed by atoms with Crippen LogP contribution < -0.4 is 10.6 Å². The molecule has 1 saturated carbocycles. The van der Waals surface area contributed by atoms with Crippen LogP contribution in [0.3, 0.4) is 0 Å². The normalized spacial score (nSPS) is 18.9. The average molecular weight is 791 g/mol. The summed E-state index contributed by atoms with van der Waals surface area (Å²) < 4.78 is 13.5. The van der Waals surface area contributed by atoms with Crippen molar-refractivity contribution in [2.45, 2.75) is 86.3 Å². The van der Waals surface area contributed by atoms with Crippen LogP contribution in [0.5, 0.6) is 0 Å². The quantitative estimate of drug-likeness (QED) is 0.105. The van der Waals surface area contributed by atoms with E-state index in [-0.39, 0.29) is 25.8 Å². The number of benzene rings is 4. The number of β-amino-alcohol motifs (C(OH)–C–C–N with tert-alkyl or cyclic N) is 1. The first-order valence-corrected chi connectivity index (χ1v) is 20.7. The Kier molecular flexibility index (Phi) is 11.2. The Balaban J connectivity index is 1.21. The van der Waals surface area contributed by atoms with Gasteiger partial charge in [-0.15, -0.1) is 23.1 Å². The predicted molar refractivity (Wildman–Crippen MR) is 221 cm³/mol. The third-order valence-corrected chi connectivity index (χ3v) is 13.7. The van der Waals surface area contributed by atoms with Crippen molar-refractivity contribution in [3.05, 3.63) is 149 Å². The number of hydrogen-bond donors (Lipinski definition) is 3. The maximum absolute atomic E-state index is 15.5. The molecule has 1 aliphatic carbocycles. The van der Waals surface area contributed by atoms with Crippen LogP contribution in [0, 0.1) is 6.92 Å². The summed E-state index contributed by atoms with van der Waals surface area (Å²) in [6.45, 7) is 7.49. The van der Waals surface area contributed by atoms with Gasteiger partial charge in [0.1, 0.15) is 12.1 Å². The first-order chi connectivity index (χ1) is 26.8. The van der Waals surface area contributed by atoms with Gasteiger partial charge in [0.2, 0.25) is 11.8 Å². The summed E-state index contributed by atoms with van der Waals surface area (Å²) in [5.74, 6) is -1.82. The number of amides is 3. The number of nitrogens with zero attached hydrogens (tertiary/aromatic N) is 2. The second-order valence-electron chi connectivity index (χ2n) is 15.4. The number of rotatable bonds is 13. The van der Waals surface area contributed by atoms with Gasteiger partial charge >= 0.3 is 0 Å². The average Bonchev–Trinajstić information content (AvgIpc) is 3.62. The van der Waals surface area contributed by atoms with Crippen molar-refractivity contribution in [2.24, 2.45) is 0 Å². The highest BCUT2D eigenvalue weighted by atomic mass is 32.2. The Hall–Kier alpha value is -4.84. The van der Waals surface area contributed by atoms with Gasteiger partial charge in [-0.1, -0.05) is 115 Å². The van der Waals surface area contributed by atoms with Crippen LogP contribution in [0.15, 0.2) is 121 Å². The van der Waals surface area contributed by atoms with E-state index < -0.39 is 57.1 Å². The smallest absolute Gasteiger partial charge is 0.258 e. The lowest BCUT2D eigenvalue weighted by Crippen LogP contribution is -2.61. The second kappa shape index (κ2) is 16.0. The lowest BCUT2D eigenvalue weighted by atomic mass is 9.84. The monoisotopic (exact) mass is 790 g/mol. The molecule has 5 aromatic rings. The van der Waals surface area contributed by atoms with Crippen LogP contribution in [0.2, 0.25) is 0 Å². The first kappa shape index (κ1) is 39.4. The predicted octanol–water partition coefficient (Wildman–Crippen LogP) is 7.75. The molecule has 4 atom stereocenters. The number of alkyl halides is 1. The van der Waals surface area contributed by atoms with Crippen molar-refractivity contribution in [1.29, 1.82) is 0 Å². The number of halogens is 1. The van der Waals surface area contributed by atoms with Crippen LogP contribution in [0.25, 0.3) is 10.4 Å². The van der Waals surface area contributed by atoms with Crippen molar-refractivity contribution < 1.29 is 23.9 Å². The molecule has 1 unspecified atom stereocenters. The van der Waals surface area contributed by atoms with Crippen molar-refractivity contribution in [3.8, 4) is 10.4 Å². The Morgan fingerprint density at radius 2 is 1.41 bits per heavy atom. The minimum absolute atomic E-state index is 0.0250. The van der Waals surface area contributed by atoms with Gasteiger partial charge in [0.15, 0.2) is 5.67 Å². The zero-order chi connectivity index (χ0) is 39.7. The molecule has 2 aliphatic rings. The third kappa shape index (κ3) is 7.90. The Bertz CT molecular complexity index is 2060. The Morgan fingerprint density at radius 1 is 0.875 bits per heavy atom. The van der Waals surface area contributed by atoms with E-state index in [0.717, 1.165) is 38.4 Å². The summed E-state index contributed by atoms with van der Waals surface area (Å²) in [6.07, 6.45) is -0.791. The molecule has 0 radical (unpaired) electrons. The molecule has 8 nitrogen and oxygen atoms in total. The number of aromatic nitrogens is 1. The lowest BCUT2D eigenvalue weighted by molar-refractivity contribution is -0.143. The largest absolute Gasteiger partial charge is 0.391 e. The number of thiazole rings is 1. The number of hydrogen-bond acceptors (Lipinski definition) is 7. The molecule has 1 aliphatic heterocycles. The van der Waals surface area contributed by atoms with Crippen LogP contribution in [-0.2, 0) is 19.1 Å². The molecular formula is C45H47FN4O4S2. The van der Waals surface area contributed by atoms with E-state index in [2.05, 4.69) is 15.6 Å². The van der Waals surface area contributed by atoms with Gasteiger partial charge in [-0.05, 0) is 68.4 Å². The van der Waals surface area contributed by atoms with E-state index >= 15 is 9.18 Å². The molecular weight excluding hydrogens is 744 g/mol. The molecule has 0 spiro atoms. The van der Waals surface area contributed by atoms with Gasteiger partial charge in [-0.2, -0.15) is 0 Å². The summed E-state index contributed by atoms with van der Waals surface area (Å²) in [6, 6.07) is 35.2. The summed E-state index contributed by atoms with van der Waals surface area (Å²) in [4.78, 5) is 49.5. The number of carbonyl (C=O) groups is 3. The van der Waals surface area contributed by atoms with Crippen molar-refractivity contribution in [1.82, 2.24) is 20.5 Å². The highest BCUT2D eigenvalue weighted by molar-refractivity contribution is 8.02. The van der Waals surface area contributed by atoms with E-state index in [1.165, 1.54) is 16.7 Å². The molecule has 56 heavy (non-hydrogen) atoms. The Labute approximate surface area is 336 Å². The van der Waals surface area contributed by atoms with Gasteiger partial charge < -0.3 is 20.6 Å². The molecule has 11 heteroatoms. The number of aryl methyl sites for hydroxylation is 1. The van der Waals surface area contributed by atoms with Crippen molar-refractivity contribution in [2.75, 3.05) is 6.54 Å². The van der Waals surface area contributed by atoms with E-state index in [1.54, 1.807) is 11.3 Å². The Morgan fingerprint density at radius 3 is 1.89 bits per heavy atom. The van der Waals surface area contributed by atoms with Gasteiger partial charge in [-0.25, -0.2) is 9.37 Å². The molecule has 1 aromatic heterocycles. The molecule has 290 valence electrons. The van der Waals surface area contributed by atoms with Crippen LogP contribution >= 0.6 is 23.1 Å². The summed E-state index contributed by atoms with van der Waals surface area (Å²) in [5, 5.41) is 16.9. The minimum atomic E-state index is -2.06. The summed E-state index contributed by atoms with van der Waals surface area (Å²) in [7, 11) is 0. The highest BCUT2D eigenvalue weighted by Crippen LogP contribution is 2.54. The molecule has 0 bridgehead atoms. The number of nitrogens with one attached hydrogen (secondary N) is 2. The molecule has 4 aromatic carbocycles. The van der Waals surface area contributed by atoms with E-state index in [0.29, 0.717) is 0 Å². The van der Waals surface area contributed by atoms with E-state index in [9.17, 15) is 14.7 Å². The number of carbonyl (C=O) groups excluding carboxylic acids is 3. The minimum Gasteiger partial charge on any atom is -0.391 e. The SMILES string of the molecule is Cc1ncsc1-c1ccc([C@H](C)NC(=O)[C@H]2C[C@@H](O)CN2C(=O)C(NC(=O)C2(F)CC2)C(C)(C)SC(c2ccccc2)(c2ccccc2)c2ccccc2)cc1. The van der Waals surface area contributed by atoms with Gasteiger partial charge in [0.25, 0.3) is 5.91 Å². The number of thioether (sulfide) groups is 1. The molecule has 2 heterocycles. The zero-order valence-electron chi connectivity index (χ0n) is 31.9. The third-order valence-electron chi connectivity index (χ3n) is 10.9. The number of aliphatic hydroxyl groups excluding tert-OH is 1. The van der Waals surface area contributed by atoms with Crippen molar-refractivity contribution >= 4 is 40.8 Å². The van der Waals surface area contributed by atoms with Crippen LogP contribution in [0.4, 0.5) is 4.39 Å². The standard InChI is InChI=1S/C45H47FN4O4S2/c1-29(31-20-22-32(23-21-31)38-30(2)47-28-55-38)48-40(52)37-26-36(51)27-50(37)41(53)39(49-42(54)44(46)24-25-44)43(3,4)56-45(33-14-8-5-9-15-33,34-16-10-6-11-17-34)35-18-12-7-13-19-35/h5-23,28-29,36-37,39,51H,24-27H2,1-4H3,(H,48,52)(H,49,54)/t29-,36+,37+,39?/m0/s1. The molecule has 3 N–H and O–H groups in total. The fraction of sp³-hybridized carbons (Fsp3) is 0.333. The van der Waals surface area contributed by atoms with Gasteiger partial charge in [-0.3, -0.25) is 14.4 Å². The van der Waals surface area contributed by atoms with Crippen LogP contribution in [0.1, 0.15) is 74.0 Å². The molecule has 7 rings (SSSR count). The lowest BCUT2D eigenvalue weighted by Gasteiger charge is -2.45. The van der Waals surface area contributed by atoms with Gasteiger partial charge in [0, 0.05) is 17.7 Å². The molecule has 2 fully saturated rings. The molecule has 1 saturated heterocycles. The second-order valence-corrected chi connectivity index (χ2v) is 18.1. The maximum Gasteiger partial charge on any atom is 0.258 e. The highest BCUT2D eigenvalue weighted by Gasteiger charge is 2.55. The zero-order valence-corrected chi connectivity index (χ0v) is 33.6.